The van der Waals surface area contributed by atoms with Crippen molar-refractivity contribution < 1.29 is 9.21 Å². The first-order valence-corrected chi connectivity index (χ1v) is 5.13. The van der Waals surface area contributed by atoms with Gasteiger partial charge in [0, 0.05) is 13.0 Å². The van der Waals surface area contributed by atoms with Crippen LogP contribution in [0, 0.1) is 0 Å². The van der Waals surface area contributed by atoms with E-state index in [9.17, 15) is 4.79 Å². The summed E-state index contributed by atoms with van der Waals surface area (Å²) in [6.45, 7) is 1.29. The van der Waals surface area contributed by atoms with Gasteiger partial charge in [-0.15, -0.1) is 5.10 Å². The normalized spacial score (nSPS) is 14.7. The van der Waals surface area contributed by atoms with E-state index < -0.39 is 5.91 Å². The summed E-state index contributed by atoms with van der Waals surface area (Å²) in [5, 5.41) is 10.5. The standard InChI is InChI=1S/C9H10N6O2/c10-8(16)7-4-17-9(11-7)15-2-1-5-6(3-15)13-14-12-5/h4H,1-3H2,(H2,10,16)(H,12,13,14). The molecule has 0 fully saturated rings. The lowest BCUT2D eigenvalue weighted by Crippen LogP contribution is -2.30. The van der Waals surface area contributed by atoms with E-state index >= 15 is 0 Å². The molecule has 8 heteroatoms. The zero-order chi connectivity index (χ0) is 11.8. The molecule has 1 aliphatic heterocycles. The molecule has 2 aromatic rings. The maximum absolute atomic E-state index is 10.9. The minimum absolute atomic E-state index is 0.131. The number of oxazole rings is 1. The molecule has 0 aromatic carbocycles. The molecule has 3 heterocycles. The average Bonchev–Trinajstić information content (AvgIpc) is 2.97. The molecule has 3 N–H and O–H groups in total. The van der Waals surface area contributed by atoms with Crippen molar-refractivity contribution in [3.8, 4) is 0 Å². The molecule has 3 rings (SSSR count). The lowest BCUT2D eigenvalue weighted by molar-refractivity contribution is 0.0995. The average molecular weight is 234 g/mol. The van der Waals surface area contributed by atoms with Gasteiger partial charge in [-0.3, -0.25) is 9.89 Å². The number of rotatable bonds is 2. The number of aromatic nitrogens is 4. The Labute approximate surface area is 95.8 Å². The topological polar surface area (TPSA) is 114 Å². The Hall–Kier alpha value is -2.38. The van der Waals surface area contributed by atoms with Crippen molar-refractivity contribution in [3.63, 3.8) is 0 Å². The molecule has 0 bridgehead atoms. The van der Waals surface area contributed by atoms with Crippen molar-refractivity contribution in [2.24, 2.45) is 5.73 Å². The second-order valence-corrected chi connectivity index (χ2v) is 3.79. The van der Waals surface area contributed by atoms with Gasteiger partial charge in [-0.1, -0.05) is 5.21 Å². The number of H-pyrrole nitrogens is 1. The molecule has 0 saturated carbocycles. The molecule has 88 valence electrons. The molecule has 0 radical (unpaired) electrons. The largest absolute Gasteiger partial charge is 0.431 e. The van der Waals surface area contributed by atoms with Gasteiger partial charge in [0.15, 0.2) is 5.69 Å². The molecular formula is C9H10N6O2. The molecule has 0 aliphatic carbocycles. The summed E-state index contributed by atoms with van der Waals surface area (Å²) in [7, 11) is 0. The van der Waals surface area contributed by atoms with Crippen LogP contribution in [0.5, 0.6) is 0 Å². The molecular weight excluding hydrogens is 224 g/mol. The summed E-state index contributed by atoms with van der Waals surface area (Å²) in [6.07, 6.45) is 2.05. The predicted molar refractivity (Wildman–Crippen MR) is 56.2 cm³/mol. The van der Waals surface area contributed by atoms with Gasteiger partial charge in [-0.25, -0.2) is 0 Å². The van der Waals surface area contributed by atoms with E-state index in [-0.39, 0.29) is 5.69 Å². The number of aromatic amines is 1. The van der Waals surface area contributed by atoms with Crippen LogP contribution in [0.4, 0.5) is 6.01 Å². The van der Waals surface area contributed by atoms with Crippen molar-refractivity contribution in [2.45, 2.75) is 13.0 Å². The van der Waals surface area contributed by atoms with Crippen molar-refractivity contribution >= 4 is 11.9 Å². The van der Waals surface area contributed by atoms with E-state index in [1.54, 1.807) is 0 Å². The molecule has 17 heavy (non-hydrogen) atoms. The highest BCUT2D eigenvalue weighted by Crippen LogP contribution is 2.21. The Morgan fingerprint density at radius 1 is 1.59 bits per heavy atom. The van der Waals surface area contributed by atoms with Gasteiger partial charge in [-0.2, -0.15) is 4.98 Å². The van der Waals surface area contributed by atoms with Crippen LogP contribution < -0.4 is 10.6 Å². The fraction of sp³-hybridized carbons (Fsp3) is 0.333. The summed E-state index contributed by atoms with van der Waals surface area (Å²) in [6, 6.07) is 0.382. The van der Waals surface area contributed by atoms with Crippen LogP contribution in [0.1, 0.15) is 21.9 Å². The number of carbonyl (C=O) groups is 1. The maximum Gasteiger partial charge on any atom is 0.298 e. The lowest BCUT2D eigenvalue weighted by atomic mass is 10.1. The van der Waals surface area contributed by atoms with E-state index in [4.69, 9.17) is 10.2 Å². The Kier molecular flexibility index (Phi) is 2.07. The van der Waals surface area contributed by atoms with Crippen molar-refractivity contribution in [1.82, 2.24) is 20.4 Å². The van der Waals surface area contributed by atoms with E-state index in [0.29, 0.717) is 12.6 Å². The molecule has 0 atom stereocenters. The highest BCUT2D eigenvalue weighted by atomic mass is 16.4. The van der Waals surface area contributed by atoms with Crippen molar-refractivity contribution in [3.05, 3.63) is 23.3 Å². The Morgan fingerprint density at radius 3 is 3.24 bits per heavy atom. The molecule has 0 saturated heterocycles. The second kappa shape index (κ2) is 3.58. The predicted octanol–water partition coefficient (Wildman–Crippen LogP) is -0.546. The number of nitrogens with one attached hydrogen (secondary N) is 1. The van der Waals surface area contributed by atoms with Gasteiger partial charge < -0.3 is 15.1 Å². The van der Waals surface area contributed by atoms with Crippen LogP contribution in [0.25, 0.3) is 0 Å². The van der Waals surface area contributed by atoms with Gasteiger partial charge in [0.05, 0.1) is 12.2 Å². The number of anilines is 1. The Balaban J connectivity index is 1.84. The summed E-state index contributed by atoms with van der Waals surface area (Å²) in [5.41, 5.74) is 7.14. The summed E-state index contributed by atoms with van der Waals surface area (Å²) in [4.78, 5) is 16.8. The number of hydrogen-bond donors (Lipinski definition) is 2. The number of nitrogens with zero attached hydrogens (tertiary/aromatic N) is 4. The number of nitrogens with two attached hydrogens (primary N) is 1. The first-order valence-electron chi connectivity index (χ1n) is 5.13. The fourth-order valence-corrected chi connectivity index (χ4v) is 1.79. The Morgan fingerprint density at radius 2 is 2.47 bits per heavy atom. The molecule has 2 aromatic heterocycles. The van der Waals surface area contributed by atoms with Crippen LogP contribution in [0.2, 0.25) is 0 Å². The first kappa shape index (κ1) is 9.82. The van der Waals surface area contributed by atoms with Gasteiger partial charge >= 0.3 is 0 Å². The van der Waals surface area contributed by atoms with Crippen LogP contribution >= 0.6 is 0 Å². The minimum atomic E-state index is -0.598. The van der Waals surface area contributed by atoms with Crippen LogP contribution in [-0.2, 0) is 13.0 Å². The van der Waals surface area contributed by atoms with Gasteiger partial charge in [0.25, 0.3) is 11.9 Å². The van der Waals surface area contributed by atoms with Crippen molar-refractivity contribution in [2.75, 3.05) is 11.4 Å². The summed E-state index contributed by atoms with van der Waals surface area (Å²) in [5.74, 6) is -0.598. The first-order chi connectivity index (χ1) is 8.24. The lowest BCUT2D eigenvalue weighted by Gasteiger charge is -2.23. The quantitative estimate of drug-likeness (QED) is 0.720. The smallest absolute Gasteiger partial charge is 0.298 e. The summed E-state index contributed by atoms with van der Waals surface area (Å²) >= 11 is 0. The van der Waals surface area contributed by atoms with Crippen LogP contribution in [-0.4, -0.2) is 32.8 Å². The van der Waals surface area contributed by atoms with E-state index in [1.165, 1.54) is 6.26 Å². The molecule has 0 spiro atoms. The number of primary amides is 1. The molecule has 0 unspecified atom stereocenters. The number of fused-ring (bicyclic) bond motifs is 1. The molecule has 8 nitrogen and oxygen atoms in total. The van der Waals surface area contributed by atoms with Gasteiger partial charge in [-0.05, 0) is 0 Å². The monoisotopic (exact) mass is 234 g/mol. The van der Waals surface area contributed by atoms with Crippen LogP contribution in [0.15, 0.2) is 10.7 Å². The molecule has 1 amide bonds. The van der Waals surface area contributed by atoms with Gasteiger partial charge in [0.2, 0.25) is 0 Å². The number of carbonyl (C=O) groups excluding carboxylic acids is 1. The van der Waals surface area contributed by atoms with Crippen LogP contribution in [0.3, 0.4) is 0 Å². The third-order valence-corrected chi connectivity index (χ3v) is 2.69. The minimum Gasteiger partial charge on any atom is -0.431 e. The Bertz CT molecular complexity index is 559. The highest BCUT2D eigenvalue weighted by molar-refractivity contribution is 5.90. The van der Waals surface area contributed by atoms with Gasteiger partial charge in [0.1, 0.15) is 12.0 Å². The van der Waals surface area contributed by atoms with E-state index in [1.807, 2.05) is 4.90 Å². The zero-order valence-corrected chi connectivity index (χ0v) is 8.88. The number of hydrogen-bond acceptors (Lipinski definition) is 6. The SMILES string of the molecule is NC(=O)c1coc(N2CCc3[nH]nnc3C2)n1. The van der Waals surface area contributed by atoms with Crippen molar-refractivity contribution in [1.29, 1.82) is 0 Å². The third kappa shape index (κ3) is 1.63. The third-order valence-electron chi connectivity index (χ3n) is 2.69. The summed E-state index contributed by atoms with van der Waals surface area (Å²) < 4.78 is 5.21. The zero-order valence-electron chi connectivity index (χ0n) is 8.88. The van der Waals surface area contributed by atoms with E-state index in [0.717, 1.165) is 24.4 Å². The van der Waals surface area contributed by atoms with E-state index in [2.05, 4.69) is 20.4 Å². The molecule has 1 aliphatic rings. The fourth-order valence-electron chi connectivity index (χ4n) is 1.79. The second-order valence-electron chi connectivity index (χ2n) is 3.79. The highest BCUT2D eigenvalue weighted by Gasteiger charge is 2.23. The maximum atomic E-state index is 10.9. The number of amides is 1.